The van der Waals surface area contributed by atoms with Crippen LogP contribution in [0.3, 0.4) is 0 Å². The molecule has 0 aliphatic rings. The Hall–Kier alpha value is -2.68. The Bertz CT molecular complexity index is 667. The largest absolute Gasteiger partial charge is 0.465 e. The van der Waals surface area contributed by atoms with Gasteiger partial charge in [-0.1, -0.05) is 54.6 Å². The summed E-state index contributed by atoms with van der Waals surface area (Å²) in [6.07, 6.45) is 1.77. The summed E-state index contributed by atoms with van der Waals surface area (Å²) in [5.41, 5.74) is 2.70. The van der Waals surface area contributed by atoms with E-state index in [4.69, 9.17) is 4.74 Å². The molecule has 0 radical (unpaired) electrons. The third-order valence-electron chi connectivity index (χ3n) is 3.12. The molecule has 0 spiro atoms. The Morgan fingerprint density at radius 1 is 0.905 bits per heavy atom. The van der Waals surface area contributed by atoms with Crippen LogP contribution in [0, 0.1) is 0 Å². The minimum absolute atomic E-state index is 0.00629. The van der Waals surface area contributed by atoms with Gasteiger partial charge < -0.3 is 4.74 Å². The van der Waals surface area contributed by atoms with Crippen LogP contribution < -0.4 is 0 Å². The molecular formula is C18H16O3. The third-order valence-corrected chi connectivity index (χ3v) is 3.12. The average molecular weight is 280 g/mol. The van der Waals surface area contributed by atoms with E-state index in [-0.39, 0.29) is 5.78 Å². The maximum atomic E-state index is 12.0. The zero-order chi connectivity index (χ0) is 15.2. The lowest BCUT2D eigenvalue weighted by molar-refractivity contribution is -0.133. The van der Waals surface area contributed by atoms with Crippen molar-refractivity contribution in [3.63, 3.8) is 0 Å². The quantitative estimate of drug-likeness (QED) is 0.372. The van der Waals surface area contributed by atoms with Gasteiger partial charge in [-0.05, 0) is 24.1 Å². The van der Waals surface area contributed by atoms with Crippen molar-refractivity contribution in [1.29, 1.82) is 0 Å². The topological polar surface area (TPSA) is 43.4 Å². The zero-order valence-corrected chi connectivity index (χ0v) is 12.0. The smallest absolute Gasteiger partial charge is 0.338 e. The number of methoxy groups -OCH3 is 1. The summed E-state index contributed by atoms with van der Waals surface area (Å²) in [5, 5.41) is 0. The van der Waals surface area contributed by atoms with Crippen LogP contribution in [-0.4, -0.2) is 18.9 Å². The molecular weight excluding hydrogens is 264 g/mol. The molecule has 3 nitrogen and oxygen atoms in total. The van der Waals surface area contributed by atoms with Crippen molar-refractivity contribution in [2.24, 2.45) is 0 Å². The Balaban J connectivity index is 2.43. The second-order valence-corrected chi connectivity index (χ2v) is 4.59. The summed E-state index contributed by atoms with van der Waals surface area (Å²) in [4.78, 5) is 23.3. The van der Waals surface area contributed by atoms with Crippen molar-refractivity contribution in [1.82, 2.24) is 0 Å². The van der Waals surface area contributed by atoms with Crippen molar-refractivity contribution in [2.45, 2.75) is 6.92 Å². The summed E-state index contributed by atoms with van der Waals surface area (Å²) in [5.74, 6) is -0.414. The fourth-order valence-corrected chi connectivity index (χ4v) is 1.97. The molecule has 0 heterocycles. The van der Waals surface area contributed by atoms with Crippen molar-refractivity contribution in [3.05, 3.63) is 71.3 Å². The normalized spacial score (nSPS) is 11.0. The van der Waals surface area contributed by atoms with Crippen molar-refractivity contribution >= 4 is 23.4 Å². The van der Waals surface area contributed by atoms with Gasteiger partial charge in [-0.3, -0.25) is 4.79 Å². The fraction of sp³-hybridized carbons (Fsp3) is 0.111. The van der Waals surface area contributed by atoms with Gasteiger partial charge in [0.1, 0.15) is 0 Å². The molecule has 0 bridgehead atoms. The van der Waals surface area contributed by atoms with Gasteiger partial charge in [0.25, 0.3) is 0 Å². The molecule has 3 heteroatoms. The molecule has 106 valence electrons. The van der Waals surface area contributed by atoms with Gasteiger partial charge in [0.2, 0.25) is 0 Å². The minimum atomic E-state index is -0.408. The molecule has 2 aromatic rings. The van der Waals surface area contributed by atoms with Gasteiger partial charge in [-0.25, -0.2) is 4.79 Å². The van der Waals surface area contributed by atoms with Gasteiger partial charge in [-0.2, -0.15) is 0 Å². The molecule has 0 fully saturated rings. The fourth-order valence-electron chi connectivity index (χ4n) is 1.97. The van der Waals surface area contributed by atoms with Crippen molar-refractivity contribution in [2.75, 3.05) is 7.11 Å². The summed E-state index contributed by atoms with van der Waals surface area (Å²) in [7, 11) is 1.35. The number of hydrogen-bond donors (Lipinski definition) is 0. The third kappa shape index (κ3) is 3.66. The first kappa shape index (κ1) is 14.7. The van der Waals surface area contributed by atoms with E-state index < -0.39 is 5.97 Å². The summed E-state index contributed by atoms with van der Waals surface area (Å²) >= 11 is 0. The lowest BCUT2D eigenvalue weighted by Gasteiger charge is -2.07. The predicted molar refractivity (Wildman–Crippen MR) is 82.8 cm³/mol. The van der Waals surface area contributed by atoms with Crippen LogP contribution in [0.15, 0.2) is 54.6 Å². The number of ketones is 1. The van der Waals surface area contributed by atoms with E-state index in [0.717, 1.165) is 11.1 Å². The highest BCUT2D eigenvalue weighted by Gasteiger charge is 2.13. The Morgan fingerprint density at radius 2 is 1.48 bits per heavy atom. The van der Waals surface area contributed by atoms with Crippen LogP contribution in [-0.2, 0) is 9.53 Å². The number of carbonyl (C=O) groups excluding carboxylic acids is 2. The summed E-state index contributed by atoms with van der Waals surface area (Å²) in [6, 6.07) is 16.5. The number of carbonyl (C=O) groups is 2. The van der Waals surface area contributed by atoms with Crippen LogP contribution in [0.1, 0.15) is 28.4 Å². The number of rotatable bonds is 4. The molecule has 0 N–H and O–H groups in total. The number of ether oxygens (including phenoxy) is 1. The molecule has 2 aromatic carbocycles. The molecule has 0 aliphatic heterocycles. The Labute approximate surface area is 123 Å². The maximum absolute atomic E-state index is 12.0. The molecule has 0 saturated heterocycles. The number of Topliss-reactive ketones (excluding diaryl/α,β-unsaturated/α-hetero) is 1. The standard InChI is InChI=1S/C18H16O3/c1-13(19)15-8-10-16(11-9-15)17(18(20)21-2)12-14-6-4-3-5-7-14/h3-12H,1-2H3/b17-12-. The monoisotopic (exact) mass is 280 g/mol. The molecule has 0 amide bonds. The number of benzene rings is 2. The van der Waals surface area contributed by atoms with Gasteiger partial charge in [0.05, 0.1) is 12.7 Å². The lowest BCUT2D eigenvalue weighted by Crippen LogP contribution is -2.04. The van der Waals surface area contributed by atoms with Crippen LogP contribution in [0.2, 0.25) is 0 Å². The molecule has 0 aromatic heterocycles. The Morgan fingerprint density at radius 3 is 2.00 bits per heavy atom. The highest BCUT2D eigenvalue weighted by Crippen LogP contribution is 2.20. The molecule has 0 atom stereocenters. The van der Waals surface area contributed by atoms with Crippen LogP contribution in [0.25, 0.3) is 11.6 Å². The second kappa shape index (κ2) is 6.66. The number of esters is 1. The first-order valence-corrected chi connectivity index (χ1v) is 6.58. The Kier molecular flexibility index (Phi) is 4.67. The maximum Gasteiger partial charge on any atom is 0.338 e. The predicted octanol–water partition coefficient (Wildman–Crippen LogP) is 3.60. The van der Waals surface area contributed by atoms with Crippen LogP contribution in [0.5, 0.6) is 0 Å². The van der Waals surface area contributed by atoms with E-state index >= 15 is 0 Å². The molecule has 0 unspecified atom stereocenters. The van der Waals surface area contributed by atoms with E-state index in [2.05, 4.69) is 0 Å². The van der Waals surface area contributed by atoms with E-state index in [0.29, 0.717) is 11.1 Å². The van der Waals surface area contributed by atoms with E-state index in [1.165, 1.54) is 14.0 Å². The lowest BCUT2D eigenvalue weighted by atomic mass is 10.0. The molecule has 0 aliphatic carbocycles. The van der Waals surface area contributed by atoms with E-state index in [1.807, 2.05) is 30.3 Å². The van der Waals surface area contributed by atoms with Gasteiger partial charge in [-0.15, -0.1) is 0 Å². The second-order valence-electron chi connectivity index (χ2n) is 4.59. The SMILES string of the molecule is COC(=O)/C(=C\c1ccccc1)c1ccc(C(C)=O)cc1. The minimum Gasteiger partial charge on any atom is -0.465 e. The first-order valence-electron chi connectivity index (χ1n) is 6.58. The van der Waals surface area contributed by atoms with Gasteiger partial charge in [0.15, 0.2) is 5.78 Å². The van der Waals surface area contributed by atoms with Crippen molar-refractivity contribution < 1.29 is 14.3 Å². The molecule has 2 rings (SSSR count). The summed E-state index contributed by atoms with van der Waals surface area (Å²) < 4.78 is 4.84. The van der Waals surface area contributed by atoms with Crippen molar-refractivity contribution in [3.8, 4) is 0 Å². The molecule has 21 heavy (non-hydrogen) atoms. The zero-order valence-electron chi connectivity index (χ0n) is 12.0. The van der Waals surface area contributed by atoms with Crippen LogP contribution in [0.4, 0.5) is 0 Å². The summed E-state index contributed by atoms with van der Waals surface area (Å²) in [6.45, 7) is 1.51. The first-order chi connectivity index (χ1) is 10.1. The van der Waals surface area contributed by atoms with E-state index in [1.54, 1.807) is 30.3 Å². The van der Waals surface area contributed by atoms with E-state index in [9.17, 15) is 9.59 Å². The van der Waals surface area contributed by atoms with Gasteiger partial charge in [0, 0.05) is 5.56 Å². The highest BCUT2D eigenvalue weighted by molar-refractivity contribution is 6.21. The average Bonchev–Trinajstić information content (AvgIpc) is 2.53. The molecule has 0 saturated carbocycles. The van der Waals surface area contributed by atoms with Gasteiger partial charge >= 0.3 is 5.97 Å². The highest BCUT2D eigenvalue weighted by atomic mass is 16.5. The number of hydrogen-bond acceptors (Lipinski definition) is 3. The van der Waals surface area contributed by atoms with Crippen LogP contribution >= 0.6 is 0 Å².